The van der Waals surface area contributed by atoms with E-state index in [0.29, 0.717) is 12.0 Å². The summed E-state index contributed by atoms with van der Waals surface area (Å²) in [5, 5.41) is 13.8. The second-order valence-electron chi connectivity index (χ2n) is 5.92. The van der Waals surface area contributed by atoms with Crippen LogP contribution in [0.2, 0.25) is 0 Å². The van der Waals surface area contributed by atoms with Gasteiger partial charge >= 0.3 is 11.9 Å². The number of aliphatic hydroxyl groups is 1. The van der Waals surface area contributed by atoms with E-state index >= 15 is 0 Å². The highest BCUT2D eigenvalue weighted by Crippen LogP contribution is 2.27. The third-order valence-electron chi connectivity index (χ3n) is 3.76. The maximum atomic E-state index is 12.3. The first-order valence-electron chi connectivity index (χ1n) is 8.80. The van der Waals surface area contributed by atoms with Gasteiger partial charge in [0.15, 0.2) is 11.2 Å². The largest absolute Gasteiger partial charge is 0.465 e. The van der Waals surface area contributed by atoms with Crippen LogP contribution in [-0.4, -0.2) is 36.0 Å². The van der Waals surface area contributed by atoms with Gasteiger partial charge < -0.3 is 14.6 Å². The molecule has 0 aromatic heterocycles. The van der Waals surface area contributed by atoms with Crippen molar-refractivity contribution < 1.29 is 29.0 Å². The van der Waals surface area contributed by atoms with E-state index in [-0.39, 0.29) is 32.8 Å². The topological polar surface area (TPSA) is 114 Å². The molecule has 0 unspecified atom stereocenters. The van der Waals surface area contributed by atoms with E-state index in [4.69, 9.17) is 19.8 Å². The molecule has 1 N–H and O–H groups in total. The van der Waals surface area contributed by atoms with E-state index in [1.807, 2.05) is 6.92 Å². The maximum absolute atomic E-state index is 12.3. The molecule has 0 heterocycles. The summed E-state index contributed by atoms with van der Waals surface area (Å²) in [7, 11) is 0. The molecule has 0 saturated carbocycles. The van der Waals surface area contributed by atoms with Gasteiger partial charge in [-0.25, -0.2) is 0 Å². The number of hydrogen-bond acceptors (Lipinski definition) is 7. The number of hydrogen-bond donors (Lipinski definition) is 1. The van der Waals surface area contributed by atoms with Crippen molar-refractivity contribution >= 4 is 17.7 Å². The number of Topliss-reactive ketones (excluding diaryl/α,β-unsaturated/α-hetero) is 1. The van der Waals surface area contributed by atoms with E-state index in [2.05, 4.69) is 0 Å². The van der Waals surface area contributed by atoms with Crippen LogP contribution in [0.3, 0.4) is 0 Å². The van der Waals surface area contributed by atoms with E-state index in [9.17, 15) is 14.4 Å². The van der Waals surface area contributed by atoms with E-state index in [1.54, 1.807) is 38.1 Å². The number of rotatable bonds is 9. The third-order valence-corrected chi connectivity index (χ3v) is 3.76. The van der Waals surface area contributed by atoms with Crippen molar-refractivity contribution in [1.82, 2.24) is 0 Å². The fraction of sp³-hybridized carbons (Fsp3) is 0.524. The Balaban J connectivity index is 0. The molecule has 156 valence electrons. The molecule has 1 aromatic rings. The summed E-state index contributed by atoms with van der Waals surface area (Å²) in [6.07, 6.45) is 2.21. The van der Waals surface area contributed by atoms with Crippen molar-refractivity contribution in [2.24, 2.45) is 5.41 Å². The van der Waals surface area contributed by atoms with Gasteiger partial charge in [-0.2, -0.15) is 5.26 Å². The molecule has 0 radical (unpaired) electrons. The molecule has 0 saturated heterocycles. The van der Waals surface area contributed by atoms with Crippen LogP contribution >= 0.6 is 0 Å². The Morgan fingerprint density at radius 3 is 1.82 bits per heavy atom. The Morgan fingerprint density at radius 1 is 1.04 bits per heavy atom. The number of carbonyl (C=O) groups excluding carboxylic acids is 3. The molecular weight excluding hydrogens is 362 g/mol. The van der Waals surface area contributed by atoms with Gasteiger partial charge in [-0.15, -0.1) is 0 Å². The van der Waals surface area contributed by atoms with Crippen molar-refractivity contribution in [1.29, 1.82) is 5.26 Å². The molecule has 0 aliphatic carbocycles. The molecule has 1 rings (SSSR count). The van der Waals surface area contributed by atoms with Crippen LogP contribution < -0.4 is 0 Å². The SMILES string of the molecule is C.CCCC(=O)c1ccc(CC(C)(C(=O)OCC)C(=O)OCC)cc1.N#CO. The molecule has 0 spiro atoms. The summed E-state index contributed by atoms with van der Waals surface area (Å²) in [6.45, 7) is 7.25. The van der Waals surface area contributed by atoms with Crippen molar-refractivity contribution in [3.63, 3.8) is 0 Å². The monoisotopic (exact) mass is 393 g/mol. The highest BCUT2D eigenvalue weighted by molar-refractivity contribution is 6.00. The summed E-state index contributed by atoms with van der Waals surface area (Å²) in [6, 6.07) is 6.98. The number of nitrogens with zero attached hydrogens (tertiary/aromatic N) is 1. The van der Waals surface area contributed by atoms with Crippen molar-refractivity contribution in [2.75, 3.05) is 13.2 Å². The number of aliphatic hydroxyl groups excluding tert-OH is 1. The van der Waals surface area contributed by atoms with Gasteiger partial charge in [0, 0.05) is 12.0 Å². The third kappa shape index (κ3) is 8.21. The quantitative estimate of drug-likeness (QED) is 0.293. The van der Waals surface area contributed by atoms with Crippen molar-refractivity contribution in [3.05, 3.63) is 35.4 Å². The van der Waals surface area contributed by atoms with Gasteiger partial charge in [-0.1, -0.05) is 38.6 Å². The van der Waals surface area contributed by atoms with Crippen molar-refractivity contribution in [3.8, 4) is 6.26 Å². The summed E-state index contributed by atoms with van der Waals surface area (Å²) >= 11 is 0. The summed E-state index contributed by atoms with van der Waals surface area (Å²) in [4.78, 5) is 36.4. The minimum absolute atomic E-state index is 0. The zero-order valence-corrected chi connectivity index (χ0v) is 16.3. The van der Waals surface area contributed by atoms with Crippen molar-refractivity contribution in [2.45, 2.75) is 54.4 Å². The summed E-state index contributed by atoms with van der Waals surface area (Å²) in [5.74, 6) is -1.12. The maximum Gasteiger partial charge on any atom is 0.323 e. The smallest absolute Gasteiger partial charge is 0.323 e. The molecule has 1 aromatic carbocycles. The number of nitriles is 1. The number of ketones is 1. The molecule has 0 aliphatic heterocycles. The molecule has 0 amide bonds. The highest BCUT2D eigenvalue weighted by Gasteiger charge is 2.44. The number of esters is 2. The summed E-state index contributed by atoms with van der Waals surface area (Å²) in [5.41, 5.74) is 0.00209. The van der Waals surface area contributed by atoms with Crippen LogP contribution in [0.5, 0.6) is 0 Å². The molecule has 0 aliphatic rings. The highest BCUT2D eigenvalue weighted by atomic mass is 16.6. The van der Waals surface area contributed by atoms with Crippen LogP contribution in [0.25, 0.3) is 0 Å². The lowest BCUT2D eigenvalue weighted by atomic mass is 9.83. The van der Waals surface area contributed by atoms with Crippen LogP contribution in [0.1, 0.15) is 63.9 Å². The first kappa shape index (κ1) is 27.3. The Hall–Kier alpha value is -2.88. The van der Waals surface area contributed by atoms with Gasteiger partial charge in [0.1, 0.15) is 0 Å². The second kappa shape index (κ2) is 14.2. The normalized spacial score (nSPS) is 9.68. The lowest BCUT2D eigenvalue weighted by Crippen LogP contribution is -2.41. The fourth-order valence-corrected chi connectivity index (χ4v) is 2.40. The Kier molecular flexibility index (Phi) is 13.9. The van der Waals surface area contributed by atoms with E-state index < -0.39 is 17.4 Å². The van der Waals surface area contributed by atoms with Crippen LogP contribution in [0, 0.1) is 16.9 Å². The zero-order chi connectivity index (χ0) is 20.9. The van der Waals surface area contributed by atoms with Gasteiger partial charge in [0.25, 0.3) is 6.26 Å². The average molecular weight is 393 g/mol. The molecule has 28 heavy (non-hydrogen) atoms. The molecular formula is C21H31NO6. The molecule has 7 heteroatoms. The first-order valence-corrected chi connectivity index (χ1v) is 8.80. The van der Waals surface area contributed by atoms with Crippen LogP contribution in [0.4, 0.5) is 0 Å². The predicted molar refractivity (Wildman–Crippen MR) is 105 cm³/mol. The first-order chi connectivity index (χ1) is 12.8. The molecule has 0 fully saturated rings. The minimum Gasteiger partial charge on any atom is -0.465 e. The zero-order valence-electron chi connectivity index (χ0n) is 16.3. The lowest BCUT2D eigenvalue weighted by Gasteiger charge is -2.25. The predicted octanol–water partition coefficient (Wildman–Crippen LogP) is 3.82. The number of carbonyl (C=O) groups is 3. The molecule has 7 nitrogen and oxygen atoms in total. The average Bonchev–Trinajstić information content (AvgIpc) is 2.63. The van der Waals surface area contributed by atoms with Gasteiger partial charge in [-0.05, 0) is 39.2 Å². The Morgan fingerprint density at radius 2 is 1.46 bits per heavy atom. The minimum atomic E-state index is -1.40. The fourth-order valence-electron chi connectivity index (χ4n) is 2.40. The van der Waals surface area contributed by atoms with E-state index in [0.717, 1.165) is 18.2 Å². The van der Waals surface area contributed by atoms with Gasteiger partial charge in [-0.3, -0.25) is 14.4 Å². The molecule has 0 bridgehead atoms. The Bertz CT molecular complexity index is 642. The molecule has 0 atom stereocenters. The van der Waals surface area contributed by atoms with E-state index in [1.165, 1.54) is 6.92 Å². The summed E-state index contributed by atoms with van der Waals surface area (Å²) < 4.78 is 10.1. The standard InChI is InChI=1S/C19H26O5.CHNO.CH4/c1-5-8-16(20)15-11-9-14(10-12-15)13-19(4,17(21)23-6-2)18(22)24-7-3;2-1-3;/h9-12H,5-8,13H2,1-4H3;3H;1H4. The van der Waals surface area contributed by atoms with Gasteiger partial charge in [0.05, 0.1) is 13.2 Å². The van der Waals surface area contributed by atoms with Crippen LogP contribution in [-0.2, 0) is 25.5 Å². The van der Waals surface area contributed by atoms with Gasteiger partial charge in [0.2, 0.25) is 0 Å². The number of ether oxygens (including phenoxy) is 2. The number of benzene rings is 1. The van der Waals surface area contributed by atoms with Crippen LogP contribution in [0.15, 0.2) is 24.3 Å². The second-order valence-corrected chi connectivity index (χ2v) is 5.92. The lowest BCUT2D eigenvalue weighted by molar-refractivity contribution is -0.170. The Labute approximate surface area is 167 Å².